The van der Waals surface area contributed by atoms with Crippen molar-refractivity contribution in [2.45, 2.75) is 32.1 Å². The topological polar surface area (TPSA) is 52.6 Å². The van der Waals surface area contributed by atoms with Gasteiger partial charge in [-0.05, 0) is 13.8 Å². The molecule has 1 aromatic heterocycles. The molecule has 0 saturated carbocycles. The summed E-state index contributed by atoms with van der Waals surface area (Å²) in [6.45, 7) is 5.90. The Balaban J connectivity index is 1.99. The predicted molar refractivity (Wildman–Crippen MR) is 78.3 cm³/mol. The monoisotopic (exact) mass is 329 g/mol. The molecule has 1 amide bonds. The van der Waals surface area contributed by atoms with E-state index in [1.165, 1.54) is 11.9 Å². The number of fused-ring (bicyclic) bond motifs is 3. The Labute approximate surface area is 131 Å². The lowest BCUT2D eigenvalue weighted by Crippen LogP contribution is -2.63. The summed E-state index contributed by atoms with van der Waals surface area (Å²) < 4.78 is 38.5. The molecule has 1 atom stereocenters. The predicted octanol–water partition coefficient (Wildman–Crippen LogP) is 1.37. The highest BCUT2D eigenvalue weighted by molar-refractivity contribution is 6.03. The second-order valence-electron chi connectivity index (χ2n) is 6.10. The van der Waals surface area contributed by atoms with Crippen LogP contribution in [0.25, 0.3) is 0 Å². The van der Waals surface area contributed by atoms with Crippen LogP contribution in [0, 0.1) is 0 Å². The summed E-state index contributed by atoms with van der Waals surface area (Å²) in [5.41, 5.74) is -1.09. The van der Waals surface area contributed by atoms with Crippen LogP contribution in [0.5, 0.6) is 0 Å². The van der Waals surface area contributed by atoms with Gasteiger partial charge < -0.3 is 4.90 Å². The third-order valence-corrected chi connectivity index (χ3v) is 4.37. The molecule has 1 fully saturated rings. The highest BCUT2D eigenvalue weighted by Crippen LogP contribution is 2.36. The lowest BCUT2D eigenvalue weighted by molar-refractivity contribution is -0.141. The van der Waals surface area contributed by atoms with Gasteiger partial charge in [0.2, 0.25) is 0 Å². The Bertz CT molecular complexity index is 633. The number of carbonyl (C=O) groups is 1. The fraction of sp³-hybridized carbons (Fsp3) is 0.643. The van der Waals surface area contributed by atoms with E-state index in [1.807, 2.05) is 0 Å². The van der Waals surface area contributed by atoms with E-state index in [0.29, 0.717) is 24.9 Å². The van der Waals surface area contributed by atoms with Gasteiger partial charge >= 0.3 is 6.18 Å². The number of piperazine rings is 1. The van der Waals surface area contributed by atoms with Crippen LogP contribution in [0.4, 0.5) is 24.8 Å². The molecule has 23 heavy (non-hydrogen) atoms. The molecule has 0 aromatic carbocycles. The number of amides is 1. The number of hydrogen-bond donors (Lipinski definition) is 0. The van der Waals surface area contributed by atoms with Gasteiger partial charge in [0.25, 0.3) is 5.91 Å². The van der Waals surface area contributed by atoms with Gasteiger partial charge in [-0.2, -0.15) is 13.2 Å². The van der Waals surface area contributed by atoms with Gasteiger partial charge in [0.1, 0.15) is 6.04 Å². The lowest BCUT2D eigenvalue weighted by atomic mass is 10.1. The van der Waals surface area contributed by atoms with Crippen molar-refractivity contribution < 1.29 is 18.0 Å². The molecule has 0 bridgehead atoms. The molecule has 1 aromatic rings. The molecule has 3 heterocycles. The number of rotatable bonds is 1. The van der Waals surface area contributed by atoms with Crippen LogP contribution in [-0.2, 0) is 11.0 Å². The van der Waals surface area contributed by atoms with Gasteiger partial charge in [0, 0.05) is 32.7 Å². The third-order valence-electron chi connectivity index (χ3n) is 4.37. The minimum Gasteiger partial charge on any atom is -0.339 e. The molecular formula is C14H18F3N5O. The fourth-order valence-electron chi connectivity index (χ4n) is 3.00. The zero-order valence-electron chi connectivity index (χ0n) is 13.1. The molecule has 2 aliphatic rings. The van der Waals surface area contributed by atoms with Gasteiger partial charge in [0.05, 0.1) is 6.20 Å². The first-order valence-electron chi connectivity index (χ1n) is 7.42. The molecule has 3 rings (SSSR count). The highest BCUT2D eigenvalue weighted by Gasteiger charge is 2.43. The summed E-state index contributed by atoms with van der Waals surface area (Å²) >= 11 is 0. The summed E-state index contributed by atoms with van der Waals surface area (Å²) in [7, 11) is 1.45. The molecule has 6 nitrogen and oxygen atoms in total. The van der Waals surface area contributed by atoms with Crippen LogP contribution in [0.15, 0.2) is 6.20 Å². The highest BCUT2D eigenvalue weighted by atomic mass is 19.4. The Morgan fingerprint density at radius 2 is 1.96 bits per heavy atom. The Morgan fingerprint density at radius 1 is 1.26 bits per heavy atom. The fourth-order valence-corrected chi connectivity index (χ4v) is 3.00. The first-order valence-corrected chi connectivity index (χ1v) is 7.42. The summed E-state index contributed by atoms with van der Waals surface area (Å²) in [6, 6.07) is -0.134. The van der Waals surface area contributed by atoms with Crippen LogP contribution in [0.3, 0.4) is 0 Å². The standard InChI is InChI=1S/C14H18F3N5O/c1-8(2)21-4-5-22-9(7-21)13(23)20(3)12-11(22)18-6-10(19-12)14(15,16)17/h6,8-9H,4-5,7H2,1-3H3. The van der Waals surface area contributed by atoms with E-state index in [0.717, 1.165) is 12.7 Å². The van der Waals surface area contributed by atoms with E-state index in [2.05, 4.69) is 28.7 Å². The maximum Gasteiger partial charge on any atom is 0.434 e. The van der Waals surface area contributed by atoms with Crippen molar-refractivity contribution in [1.82, 2.24) is 14.9 Å². The van der Waals surface area contributed by atoms with Crippen molar-refractivity contribution in [3.63, 3.8) is 0 Å². The molecule has 1 unspecified atom stereocenters. The van der Waals surface area contributed by atoms with E-state index in [9.17, 15) is 18.0 Å². The molecular weight excluding hydrogens is 311 g/mol. The van der Waals surface area contributed by atoms with Crippen LogP contribution >= 0.6 is 0 Å². The number of likely N-dealkylation sites (N-methyl/N-ethyl adjacent to an activating group) is 1. The van der Waals surface area contributed by atoms with E-state index in [1.54, 1.807) is 4.90 Å². The van der Waals surface area contributed by atoms with Crippen molar-refractivity contribution in [2.24, 2.45) is 0 Å². The molecule has 126 valence electrons. The van der Waals surface area contributed by atoms with Crippen LogP contribution in [-0.4, -0.2) is 59.5 Å². The Hall–Kier alpha value is -1.90. The summed E-state index contributed by atoms with van der Waals surface area (Å²) in [6.07, 6.45) is -3.85. The lowest BCUT2D eigenvalue weighted by Gasteiger charge is -2.47. The van der Waals surface area contributed by atoms with Gasteiger partial charge in [-0.25, -0.2) is 9.97 Å². The number of anilines is 2. The second-order valence-corrected chi connectivity index (χ2v) is 6.10. The van der Waals surface area contributed by atoms with E-state index < -0.39 is 17.9 Å². The molecule has 0 N–H and O–H groups in total. The molecule has 0 aliphatic carbocycles. The second kappa shape index (κ2) is 5.33. The normalized spacial score (nSPS) is 22.4. The van der Waals surface area contributed by atoms with Crippen LogP contribution in [0.1, 0.15) is 19.5 Å². The number of aromatic nitrogens is 2. The van der Waals surface area contributed by atoms with Crippen molar-refractivity contribution in [3.8, 4) is 0 Å². The number of halogens is 3. The zero-order valence-corrected chi connectivity index (χ0v) is 13.1. The smallest absolute Gasteiger partial charge is 0.339 e. The van der Waals surface area contributed by atoms with Crippen molar-refractivity contribution in [3.05, 3.63) is 11.9 Å². The van der Waals surface area contributed by atoms with E-state index in [-0.39, 0.29) is 11.7 Å². The zero-order chi connectivity index (χ0) is 16.9. The Kier molecular flexibility index (Phi) is 3.70. The maximum atomic E-state index is 12.8. The number of alkyl halides is 3. The minimum atomic E-state index is -4.58. The number of hydrogen-bond acceptors (Lipinski definition) is 5. The number of carbonyl (C=O) groups excluding carboxylic acids is 1. The van der Waals surface area contributed by atoms with Crippen molar-refractivity contribution >= 4 is 17.5 Å². The van der Waals surface area contributed by atoms with E-state index in [4.69, 9.17) is 0 Å². The SMILES string of the molecule is CC(C)N1CCN2c3ncc(C(F)(F)F)nc3N(C)C(=O)C2C1. The van der Waals surface area contributed by atoms with Crippen molar-refractivity contribution in [2.75, 3.05) is 36.5 Å². The average Bonchev–Trinajstić information content (AvgIpc) is 2.50. The molecule has 0 radical (unpaired) electrons. The first-order chi connectivity index (χ1) is 10.7. The van der Waals surface area contributed by atoms with Crippen LogP contribution < -0.4 is 9.80 Å². The molecule has 2 aliphatic heterocycles. The first kappa shape index (κ1) is 16.0. The van der Waals surface area contributed by atoms with Gasteiger partial charge in [0.15, 0.2) is 17.3 Å². The molecule has 0 spiro atoms. The maximum absolute atomic E-state index is 12.8. The molecule has 1 saturated heterocycles. The summed E-state index contributed by atoms with van der Waals surface area (Å²) in [4.78, 5) is 25.3. The third kappa shape index (κ3) is 2.62. The van der Waals surface area contributed by atoms with E-state index >= 15 is 0 Å². The molecule has 9 heteroatoms. The number of nitrogens with zero attached hydrogens (tertiary/aromatic N) is 5. The van der Waals surface area contributed by atoms with Crippen molar-refractivity contribution in [1.29, 1.82) is 0 Å². The van der Waals surface area contributed by atoms with Crippen LogP contribution in [0.2, 0.25) is 0 Å². The summed E-state index contributed by atoms with van der Waals surface area (Å²) in [5, 5.41) is 0. The Morgan fingerprint density at radius 3 is 2.57 bits per heavy atom. The summed E-state index contributed by atoms with van der Waals surface area (Å²) in [5.74, 6) is 0.0593. The minimum absolute atomic E-state index is 0.0286. The average molecular weight is 329 g/mol. The largest absolute Gasteiger partial charge is 0.434 e. The van der Waals surface area contributed by atoms with Gasteiger partial charge in [-0.1, -0.05) is 0 Å². The van der Waals surface area contributed by atoms with Gasteiger partial charge in [-0.15, -0.1) is 0 Å². The quantitative estimate of drug-likeness (QED) is 0.779. The van der Waals surface area contributed by atoms with Gasteiger partial charge in [-0.3, -0.25) is 14.6 Å².